The summed E-state index contributed by atoms with van der Waals surface area (Å²) in [7, 11) is 1.32. The van der Waals surface area contributed by atoms with Crippen molar-refractivity contribution in [1.82, 2.24) is 9.78 Å². The summed E-state index contributed by atoms with van der Waals surface area (Å²) in [6, 6.07) is 8.15. The Morgan fingerprint density at radius 2 is 2.18 bits per heavy atom. The number of phenolic OH excluding ortho intramolecular Hbond substituents is 1. The lowest BCUT2D eigenvalue weighted by molar-refractivity contribution is 0.0590. The van der Waals surface area contributed by atoms with E-state index in [1.54, 1.807) is 31.2 Å². The SMILES string of the molecule is COC(=O)c1cc(C)nn1-c1cccc(O)c1. The smallest absolute Gasteiger partial charge is 0.356 e. The van der Waals surface area contributed by atoms with Crippen LogP contribution in [0.25, 0.3) is 5.69 Å². The molecule has 88 valence electrons. The van der Waals surface area contributed by atoms with Gasteiger partial charge in [0.1, 0.15) is 5.75 Å². The van der Waals surface area contributed by atoms with Crippen LogP contribution in [0.2, 0.25) is 0 Å². The van der Waals surface area contributed by atoms with Crippen molar-refractivity contribution in [1.29, 1.82) is 0 Å². The Bertz CT molecular complexity index is 561. The summed E-state index contributed by atoms with van der Waals surface area (Å²) < 4.78 is 6.13. The topological polar surface area (TPSA) is 64.3 Å². The van der Waals surface area contributed by atoms with E-state index in [9.17, 15) is 9.90 Å². The average Bonchev–Trinajstić information content (AvgIpc) is 2.70. The zero-order valence-corrected chi connectivity index (χ0v) is 9.54. The number of aromatic hydroxyl groups is 1. The molecule has 0 saturated carbocycles. The quantitative estimate of drug-likeness (QED) is 0.800. The first kappa shape index (κ1) is 11.2. The molecule has 0 saturated heterocycles. The van der Waals surface area contributed by atoms with Gasteiger partial charge in [-0.25, -0.2) is 9.48 Å². The molecule has 0 bridgehead atoms. The van der Waals surface area contributed by atoms with Crippen LogP contribution in [0.15, 0.2) is 30.3 Å². The summed E-state index contributed by atoms with van der Waals surface area (Å²) in [6.45, 7) is 1.78. The van der Waals surface area contributed by atoms with Crippen LogP contribution in [-0.2, 0) is 4.74 Å². The average molecular weight is 232 g/mol. The standard InChI is InChI=1S/C12H12N2O3/c1-8-6-11(12(16)17-2)14(13-8)9-4-3-5-10(15)7-9/h3-7,15H,1-2H3. The van der Waals surface area contributed by atoms with Gasteiger partial charge in [-0.15, -0.1) is 0 Å². The fraction of sp³-hybridized carbons (Fsp3) is 0.167. The number of carbonyl (C=O) groups excluding carboxylic acids is 1. The molecule has 0 spiro atoms. The van der Waals surface area contributed by atoms with E-state index < -0.39 is 5.97 Å². The number of rotatable bonds is 2. The highest BCUT2D eigenvalue weighted by Crippen LogP contribution is 2.17. The minimum Gasteiger partial charge on any atom is -0.508 e. The molecule has 2 aromatic rings. The molecule has 17 heavy (non-hydrogen) atoms. The maximum atomic E-state index is 11.6. The number of nitrogens with zero attached hydrogens (tertiary/aromatic N) is 2. The highest BCUT2D eigenvalue weighted by Gasteiger charge is 2.15. The van der Waals surface area contributed by atoms with E-state index in [0.29, 0.717) is 17.1 Å². The van der Waals surface area contributed by atoms with Crippen LogP contribution >= 0.6 is 0 Å². The largest absolute Gasteiger partial charge is 0.508 e. The van der Waals surface area contributed by atoms with E-state index >= 15 is 0 Å². The van der Waals surface area contributed by atoms with Crippen molar-refractivity contribution in [3.05, 3.63) is 41.7 Å². The Balaban J connectivity index is 2.55. The molecule has 0 aliphatic carbocycles. The lowest BCUT2D eigenvalue weighted by atomic mass is 10.3. The third kappa shape index (κ3) is 2.13. The summed E-state index contributed by atoms with van der Waals surface area (Å²) in [4.78, 5) is 11.6. The van der Waals surface area contributed by atoms with Gasteiger partial charge in [0.15, 0.2) is 5.69 Å². The van der Waals surface area contributed by atoms with Crippen LogP contribution in [0.1, 0.15) is 16.2 Å². The zero-order chi connectivity index (χ0) is 12.4. The fourth-order valence-corrected chi connectivity index (χ4v) is 1.57. The summed E-state index contributed by atoms with van der Waals surface area (Å²) >= 11 is 0. The van der Waals surface area contributed by atoms with Crippen LogP contribution in [0.3, 0.4) is 0 Å². The van der Waals surface area contributed by atoms with Crippen LogP contribution in [-0.4, -0.2) is 28.0 Å². The lowest BCUT2D eigenvalue weighted by Crippen LogP contribution is -2.10. The van der Waals surface area contributed by atoms with Gasteiger partial charge in [-0.3, -0.25) is 0 Å². The summed E-state index contributed by atoms with van der Waals surface area (Å²) in [5.74, 6) is -0.347. The molecule has 0 unspecified atom stereocenters. The maximum Gasteiger partial charge on any atom is 0.356 e. The molecule has 0 amide bonds. The first-order valence-electron chi connectivity index (χ1n) is 5.06. The van der Waals surface area contributed by atoms with Gasteiger partial charge < -0.3 is 9.84 Å². The molecule has 2 rings (SSSR count). The predicted octanol–water partition coefficient (Wildman–Crippen LogP) is 1.67. The Kier molecular flexibility index (Phi) is 2.82. The van der Waals surface area contributed by atoms with Crippen LogP contribution in [0, 0.1) is 6.92 Å². The summed E-state index contributed by atoms with van der Waals surface area (Å²) in [5, 5.41) is 13.6. The van der Waals surface area contributed by atoms with E-state index in [4.69, 9.17) is 0 Å². The highest BCUT2D eigenvalue weighted by atomic mass is 16.5. The van der Waals surface area contributed by atoms with Gasteiger partial charge in [-0.1, -0.05) is 6.07 Å². The van der Waals surface area contributed by atoms with Crippen LogP contribution in [0.5, 0.6) is 5.75 Å². The normalized spacial score (nSPS) is 10.2. The Morgan fingerprint density at radius 3 is 2.82 bits per heavy atom. The van der Waals surface area contributed by atoms with Crippen molar-refractivity contribution in [2.45, 2.75) is 6.92 Å². The molecule has 0 radical (unpaired) electrons. The first-order chi connectivity index (χ1) is 8.11. The molecular weight excluding hydrogens is 220 g/mol. The Morgan fingerprint density at radius 1 is 1.41 bits per heavy atom. The maximum absolute atomic E-state index is 11.6. The van der Waals surface area contributed by atoms with Crippen molar-refractivity contribution in [3.8, 4) is 11.4 Å². The van der Waals surface area contributed by atoms with Crippen molar-refractivity contribution in [2.24, 2.45) is 0 Å². The molecule has 5 heteroatoms. The number of phenols is 1. The number of aryl methyl sites for hydroxylation is 1. The van der Waals surface area contributed by atoms with Crippen LogP contribution < -0.4 is 0 Å². The van der Waals surface area contributed by atoms with E-state index in [0.717, 1.165) is 0 Å². The summed E-state index contributed by atoms with van der Waals surface area (Å²) in [5.41, 5.74) is 1.64. The van der Waals surface area contributed by atoms with Crippen molar-refractivity contribution >= 4 is 5.97 Å². The number of esters is 1. The lowest BCUT2D eigenvalue weighted by Gasteiger charge is -2.05. The van der Waals surface area contributed by atoms with Gasteiger partial charge in [0.05, 0.1) is 18.5 Å². The second-order valence-electron chi connectivity index (χ2n) is 3.59. The molecule has 5 nitrogen and oxygen atoms in total. The molecule has 1 aromatic heterocycles. The van der Waals surface area contributed by atoms with Crippen molar-refractivity contribution in [3.63, 3.8) is 0 Å². The third-order valence-electron chi connectivity index (χ3n) is 2.30. The third-order valence-corrected chi connectivity index (χ3v) is 2.30. The molecule has 0 aliphatic heterocycles. The highest BCUT2D eigenvalue weighted by molar-refractivity contribution is 5.88. The van der Waals surface area contributed by atoms with E-state index in [-0.39, 0.29) is 5.75 Å². The zero-order valence-electron chi connectivity index (χ0n) is 9.54. The second kappa shape index (κ2) is 4.29. The molecule has 1 aromatic carbocycles. The summed E-state index contributed by atoms with van der Waals surface area (Å²) in [6.07, 6.45) is 0. The number of methoxy groups -OCH3 is 1. The predicted molar refractivity (Wildman–Crippen MR) is 61.3 cm³/mol. The van der Waals surface area contributed by atoms with Gasteiger partial charge in [0.25, 0.3) is 0 Å². The van der Waals surface area contributed by atoms with Crippen molar-refractivity contribution < 1.29 is 14.6 Å². The fourth-order valence-electron chi connectivity index (χ4n) is 1.57. The Hall–Kier alpha value is -2.30. The van der Waals surface area contributed by atoms with Gasteiger partial charge in [-0.2, -0.15) is 5.10 Å². The van der Waals surface area contributed by atoms with E-state index in [1.165, 1.54) is 17.9 Å². The minimum absolute atomic E-state index is 0.117. The molecule has 0 atom stereocenters. The molecular formula is C12H12N2O3. The van der Waals surface area contributed by atoms with Crippen molar-refractivity contribution in [2.75, 3.05) is 7.11 Å². The van der Waals surface area contributed by atoms with Crippen LogP contribution in [0.4, 0.5) is 0 Å². The minimum atomic E-state index is -0.464. The number of carbonyl (C=O) groups is 1. The molecule has 0 fully saturated rings. The van der Waals surface area contributed by atoms with E-state index in [2.05, 4.69) is 9.84 Å². The monoisotopic (exact) mass is 232 g/mol. The number of aromatic nitrogens is 2. The van der Waals surface area contributed by atoms with Gasteiger partial charge >= 0.3 is 5.97 Å². The van der Waals surface area contributed by atoms with E-state index in [1.807, 2.05) is 0 Å². The number of hydrogen-bond acceptors (Lipinski definition) is 4. The number of hydrogen-bond donors (Lipinski definition) is 1. The van der Waals surface area contributed by atoms with Gasteiger partial charge in [0.2, 0.25) is 0 Å². The van der Waals surface area contributed by atoms with Gasteiger partial charge in [-0.05, 0) is 25.1 Å². The molecule has 1 heterocycles. The van der Waals surface area contributed by atoms with Gasteiger partial charge in [0, 0.05) is 6.07 Å². The number of ether oxygens (including phenoxy) is 1. The molecule has 1 N–H and O–H groups in total. The first-order valence-corrected chi connectivity index (χ1v) is 5.06. The number of benzene rings is 1. The molecule has 0 aliphatic rings. The Labute approximate surface area is 98.3 Å². The second-order valence-corrected chi connectivity index (χ2v) is 3.59.